The second-order valence-corrected chi connectivity index (χ2v) is 12.3. The van der Waals surface area contributed by atoms with Gasteiger partial charge in [0.1, 0.15) is 24.1 Å². The van der Waals surface area contributed by atoms with Crippen LogP contribution in [-0.2, 0) is 26.2 Å². The maximum Gasteiger partial charge on any atom is 0.244 e. The van der Waals surface area contributed by atoms with E-state index >= 15 is 0 Å². The number of rotatable bonds is 11. The lowest BCUT2D eigenvalue weighted by Crippen LogP contribution is -2.53. The van der Waals surface area contributed by atoms with Crippen LogP contribution >= 0.6 is 23.2 Å². The average molecular weight is 601 g/mol. The van der Waals surface area contributed by atoms with Crippen LogP contribution in [0.25, 0.3) is 0 Å². The quantitative estimate of drug-likeness (QED) is 0.403. The second kappa shape index (κ2) is 13.6. The van der Waals surface area contributed by atoms with E-state index in [1.54, 1.807) is 31.2 Å². The Morgan fingerprint density at radius 3 is 2.31 bits per heavy atom. The molecule has 3 rings (SSSR count). The van der Waals surface area contributed by atoms with E-state index in [4.69, 9.17) is 32.7 Å². The van der Waals surface area contributed by atoms with E-state index in [2.05, 4.69) is 5.32 Å². The van der Waals surface area contributed by atoms with Crippen LogP contribution in [-0.4, -0.2) is 64.2 Å². The van der Waals surface area contributed by atoms with Crippen molar-refractivity contribution in [2.75, 3.05) is 31.3 Å². The molecule has 0 spiro atoms. The number of methoxy groups -OCH3 is 2. The summed E-state index contributed by atoms with van der Waals surface area (Å²) in [7, 11) is -1.05. The van der Waals surface area contributed by atoms with E-state index in [-0.39, 0.29) is 29.9 Å². The number of halogens is 2. The van der Waals surface area contributed by atoms with Crippen molar-refractivity contribution >= 4 is 50.7 Å². The first-order chi connectivity index (χ1) is 18.4. The molecule has 2 aromatic carbocycles. The molecule has 2 amide bonds. The summed E-state index contributed by atoms with van der Waals surface area (Å²) in [6, 6.07) is 8.73. The van der Waals surface area contributed by atoms with Crippen molar-refractivity contribution < 1.29 is 27.5 Å². The van der Waals surface area contributed by atoms with E-state index < -0.39 is 28.5 Å². The summed E-state index contributed by atoms with van der Waals surface area (Å²) >= 11 is 12.3. The van der Waals surface area contributed by atoms with Gasteiger partial charge in [0.25, 0.3) is 0 Å². The van der Waals surface area contributed by atoms with Crippen LogP contribution in [0.3, 0.4) is 0 Å². The monoisotopic (exact) mass is 599 g/mol. The van der Waals surface area contributed by atoms with E-state index in [0.29, 0.717) is 21.4 Å². The van der Waals surface area contributed by atoms with Crippen LogP contribution in [0.5, 0.6) is 11.5 Å². The number of sulfonamides is 1. The third-order valence-corrected chi connectivity index (χ3v) is 8.66. The Morgan fingerprint density at radius 1 is 1.03 bits per heavy atom. The lowest BCUT2D eigenvalue weighted by molar-refractivity contribution is -0.139. The molecule has 39 heavy (non-hydrogen) atoms. The zero-order chi connectivity index (χ0) is 28.7. The summed E-state index contributed by atoms with van der Waals surface area (Å²) in [5, 5.41) is 3.73. The van der Waals surface area contributed by atoms with Gasteiger partial charge in [0.2, 0.25) is 21.8 Å². The molecule has 1 saturated carbocycles. The predicted octanol–water partition coefficient (Wildman–Crippen LogP) is 4.64. The molecule has 1 aliphatic rings. The summed E-state index contributed by atoms with van der Waals surface area (Å²) < 4.78 is 37.3. The number of amides is 2. The normalized spacial score (nSPS) is 14.8. The van der Waals surface area contributed by atoms with Crippen molar-refractivity contribution in [3.63, 3.8) is 0 Å². The van der Waals surface area contributed by atoms with Gasteiger partial charge in [-0.1, -0.05) is 48.5 Å². The second-order valence-electron chi connectivity index (χ2n) is 9.60. The summed E-state index contributed by atoms with van der Waals surface area (Å²) in [5.74, 6) is -0.199. The number of ether oxygens (including phenoxy) is 2. The third-order valence-electron chi connectivity index (χ3n) is 6.79. The molecule has 0 aliphatic heterocycles. The van der Waals surface area contributed by atoms with Crippen molar-refractivity contribution in [3.8, 4) is 11.5 Å². The zero-order valence-electron chi connectivity index (χ0n) is 22.6. The fourth-order valence-electron chi connectivity index (χ4n) is 4.57. The molecule has 0 saturated heterocycles. The molecule has 1 fully saturated rings. The van der Waals surface area contributed by atoms with Gasteiger partial charge in [-0.3, -0.25) is 13.9 Å². The molecule has 1 atom stereocenters. The molecule has 1 unspecified atom stereocenters. The van der Waals surface area contributed by atoms with Gasteiger partial charge in [0, 0.05) is 18.7 Å². The van der Waals surface area contributed by atoms with Crippen LogP contribution in [0.2, 0.25) is 10.0 Å². The van der Waals surface area contributed by atoms with Crippen LogP contribution in [0, 0.1) is 0 Å². The van der Waals surface area contributed by atoms with Crippen molar-refractivity contribution in [3.05, 3.63) is 52.0 Å². The highest BCUT2D eigenvalue weighted by atomic mass is 35.5. The Hall–Kier alpha value is -2.69. The maximum absolute atomic E-state index is 13.8. The van der Waals surface area contributed by atoms with Gasteiger partial charge in [-0.2, -0.15) is 0 Å². The largest absolute Gasteiger partial charge is 0.497 e. The lowest BCUT2D eigenvalue weighted by Gasteiger charge is -2.33. The fourth-order valence-corrected chi connectivity index (χ4v) is 5.75. The first-order valence-electron chi connectivity index (χ1n) is 12.7. The highest BCUT2D eigenvalue weighted by Crippen LogP contribution is 2.34. The molecule has 0 radical (unpaired) electrons. The van der Waals surface area contributed by atoms with Gasteiger partial charge >= 0.3 is 0 Å². The third kappa shape index (κ3) is 8.16. The van der Waals surface area contributed by atoms with Gasteiger partial charge in [-0.25, -0.2) is 8.42 Å². The molecular weight excluding hydrogens is 565 g/mol. The van der Waals surface area contributed by atoms with E-state index in [9.17, 15) is 18.0 Å². The minimum Gasteiger partial charge on any atom is -0.497 e. The minimum atomic E-state index is -3.93. The number of hydrogen-bond donors (Lipinski definition) is 1. The first kappa shape index (κ1) is 30.8. The van der Waals surface area contributed by atoms with E-state index in [0.717, 1.165) is 42.7 Å². The molecule has 0 aromatic heterocycles. The molecule has 0 bridgehead atoms. The fraction of sp³-hybridized carbons (Fsp3) is 0.481. The number of carbonyl (C=O) groups excluding carboxylic acids is 2. The van der Waals surface area contributed by atoms with E-state index in [1.165, 1.54) is 31.3 Å². The molecule has 12 heteroatoms. The Bertz CT molecular complexity index is 1280. The number of anilines is 1. The highest BCUT2D eigenvalue weighted by Gasteiger charge is 2.32. The topological polar surface area (TPSA) is 105 Å². The molecule has 2 aromatic rings. The molecule has 1 N–H and O–H groups in total. The number of hydrogen-bond acceptors (Lipinski definition) is 6. The zero-order valence-corrected chi connectivity index (χ0v) is 24.9. The Balaban J connectivity index is 1.94. The summed E-state index contributed by atoms with van der Waals surface area (Å²) in [6.45, 7) is 1.10. The van der Waals surface area contributed by atoms with Crippen molar-refractivity contribution in [1.82, 2.24) is 10.2 Å². The number of carbonyl (C=O) groups is 2. The van der Waals surface area contributed by atoms with Gasteiger partial charge in [-0.05, 0) is 49.6 Å². The minimum absolute atomic E-state index is 0.0202. The molecule has 9 nitrogen and oxygen atoms in total. The SMILES string of the molecule is COc1ccc(N(CC(=O)N(Cc2ccc(Cl)c(Cl)c2)C(C)C(=O)NC2CCCCC2)S(C)(=O)=O)c(OC)c1. The van der Waals surface area contributed by atoms with Crippen molar-refractivity contribution in [1.29, 1.82) is 0 Å². The Labute approximate surface area is 240 Å². The van der Waals surface area contributed by atoms with E-state index in [1.807, 2.05) is 0 Å². The number of nitrogens with one attached hydrogen (secondary N) is 1. The molecule has 214 valence electrons. The molecule has 0 heterocycles. The Kier molecular flexibility index (Phi) is 10.7. The first-order valence-corrected chi connectivity index (χ1v) is 15.3. The van der Waals surface area contributed by atoms with Gasteiger partial charge in [0.05, 0.1) is 36.2 Å². The standard InChI is InChI=1S/C27H35Cl2N3O6S/c1-18(27(34)30-20-8-6-5-7-9-20)31(16-19-10-12-22(28)23(29)14-19)26(33)17-32(39(4,35)36)24-13-11-21(37-2)15-25(24)38-3/h10-15,18,20H,5-9,16-17H2,1-4H3,(H,30,34). The number of benzene rings is 2. The summed E-state index contributed by atoms with van der Waals surface area (Å²) in [5.41, 5.74) is 0.811. The van der Waals surface area contributed by atoms with Crippen molar-refractivity contribution in [2.24, 2.45) is 0 Å². The maximum atomic E-state index is 13.8. The van der Waals surface area contributed by atoms with Gasteiger partial charge in [0.15, 0.2) is 0 Å². The van der Waals surface area contributed by atoms with Crippen LogP contribution < -0.4 is 19.1 Å². The molecule has 1 aliphatic carbocycles. The van der Waals surface area contributed by atoms with Crippen LogP contribution in [0.1, 0.15) is 44.6 Å². The predicted molar refractivity (Wildman–Crippen MR) is 153 cm³/mol. The smallest absolute Gasteiger partial charge is 0.244 e. The molecular formula is C27H35Cl2N3O6S. The van der Waals surface area contributed by atoms with Gasteiger partial charge in [-0.15, -0.1) is 0 Å². The Morgan fingerprint density at radius 2 is 1.72 bits per heavy atom. The lowest BCUT2D eigenvalue weighted by atomic mass is 9.95. The van der Waals surface area contributed by atoms with Crippen LogP contribution in [0.4, 0.5) is 5.69 Å². The average Bonchev–Trinajstić information content (AvgIpc) is 2.91. The van der Waals surface area contributed by atoms with Crippen LogP contribution in [0.15, 0.2) is 36.4 Å². The summed E-state index contributed by atoms with van der Waals surface area (Å²) in [6.07, 6.45) is 6.00. The summed E-state index contributed by atoms with van der Waals surface area (Å²) in [4.78, 5) is 28.4. The highest BCUT2D eigenvalue weighted by molar-refractivity contribution is 7.92. The number of nitrogens with zero attached hydrogens (tertiary/aromatic N) is 2. The van der Waals surface area contributed by atoms with Crippen molar-refractivity contribution in [2.45, 2.75) is 57.7 Å². The van der Waals surface area contributed by atoms with Gasteiger partial charge < -0.3 is 19.7 Å².